The standard InChI is InChI=1S/C20H19N3O2S/c24-18(15-6-8-17-14(12-15)7-9-19(25)22-17)13-26-20-21-10-11-23(20)16-4-2-1-3-5-16/h1-6,8,10-12,18,24H,7,9,13H2,(H,22,25). The van der Waals surface area contributed by atoms with Gasteiger partial charge in [-0.15, -0.1) is 0 Å². The van der Waals surface area contributed by atoms with Crippen LogP contribution in [0, 0.1) is 0 Å². The number of aromatic nitrogens is 2. The van der Waals surface area contributed by atoms with Gasteiger partial charge in [-0.1, -0.05) is 42.1 Å². The Morgan fingerprint density at radius 3 is 2.88 bits per heavy atom. The lowest BCUT2D eigenvalue weighted by molar-refractivity contribution is -0.116. The molecule has 4 rings (SSSR count). The number of benzene rings is 2. The molecule has 0 fully saturated rings. The topological polar surface area (TPSA) is 67.1 Å². The molecule has 0 saturated carbocycles. The van der Waals surface area contributed by atoms with Crippen LogP contribution >= 0.6 is 11.8 Å². The van der Waals surface area contributed by atoms with Crippen LogP contribution in [-0.2, 0) is 11.2 Å². The number of nitrogens with one attached hydrogen (secondary N) is 1. The van der Waals surface area contributed by atoms with Crippen LogP contribution in [0.2, 0.25) is 0 Å². The Balaban J connectivity index is 1.46. The van der Waals surface area contributed by atoms with Gasteiger partial charge in [0.15, 0.2) is 5.16 Å². The van der Waals surface area contributed by atoms with Gasteiger partial charge in [-0.25, -0.2) is 4.98 Å². The fraction of sp³-hybridized carbons (Fsp3) is 0.200. The summed E-state index contributed by atoms with van der Waals surface area (Å²) in [5.41, 5.74) is 3.85. The molecule has 0 bridgehead atoms. The van der Waals surface area contributed by atoms with E-state index < -0.39 is 6.10 Å². The van der Waals surface area contributed by atoms with Crippen LogP contribution in [0.4, 0.5) is 5.69 Å². The maximum atomic E-state index is 11.5. The van der Waals surface area contributed by atoms with Crippen LogP contribution in [0.3, 0.4) is 0 Å². The monoisotopic (exact) mass is 365 g/mol. The van der Waals surface area contributed by atoms with Crippen LogP contribution < -0.4 is 5.32 Å². The number of fused-ring (bicyclic) bond motifs is 1. The van der Waals surface area contributed by atoms with E-state index >= 15 is 0 Å². The zero-order chi connectivity index (χ0) is 17.9. The van der Waals surface area contributed by atoms with Crippen molar-refractivity contribution < 1.29 is 9.90 Å². The van der Waals surface area contributed by atoms with E-state index in [9.17, 15) is 9.90 Å². The zero-order valence-corrected chi connectivity index (χ0v) is 14.9. The van der Waals surface area contributed by atoms with Gasteiger partial charge < -0.3 is 10.4 Å². The SMILES string of the molecule is O=C1CCc2cc(C(O)CSc3nccn3-c3ccccc3)ccc2N1. The molecule has 0 radical (unpaired) electrons. The molecule has 1 aromatic heterocycles. The van der Waals surface area contributed by atoms with Crippen molar-refractivity contribution in [2.75, 3.05) is 11.1 Å². The van der Waals surface area contributed by atoms with Crippen molar-refractivity contribution in [1.82, 2.24) is 9.55 Å². The van der Waals surface area contributed by atoms with Gasteiger partial charge in [0.25, 0.3) is 0 Å². The fourth-order valence-electron chi connectivity index (χ4n) is 3.04. The van der Waals surface area contributed by atoms with Gasteiger partial charge in [0, 0.05) is 35.9 Å². The van der Waals surface area contributed by atoms with Crippen LogP contribution in [0.25, 0.3) is 5.69 Å². The van der Waals surface area contributed by atoms with E-state index in [2.05, 4.69) is 10.3 Å². The number of anilines is 1. The lowest BCUT2D eigenvalue weighted by atomic mass is 9.99. The fourth-order valence-corrected chi connectivity index (χ4v) is 3.98. The average molecular weight is 365 g/mol. The summed E-state index contributed by atoms with van der Waals surface area (Å²) in [6.07, 6.45) is 4.31. The molecule has 26 heavy (non-hydrogen) atoms. The number of hydrogen-bond donors (Lipinski definition) is 2. The molecule has 2 aromatic carbocycles. The maximum absolute atomic E-state index is 11.5. The third-order valence-electron chi connectivity index (χ3n) is 4.42. The Morgan fingerprint density at radius 2 is 2.04 bits per heavy atom. The lowest BCUT2D eigenvalue weighted by Crippen LogP contribution is -2.19. The van der Waals surface area contributed by atoms with Gasteiger partial charge in [0.05, 0.1) is 6.10 Å². The highest BCUT2D eigenvalue weighted by Crippen LogP contribution is 2.29. The predicted octanol–water partition coefficient (Wildman–Crippen LogP) is 3.58. The first-order valence-corrected chi connectivity index (χ1v) is 9.51. The Kier molecular flexibility index (Phi) is 4.77. The summed E-state index contributed by atoms with van der Waals surface area (Å²) in [6, 6.07) is 15.8. The molecule has 3 aromatic rings. The summed E-state index contributed by atoms with van der Waals surface area (Å²) in [5.74, 6) is 0.559. The number of thioether (sulfide) groups is 1. The molecule has 1 aliphatic heterocycles. The number of aryl methyl sites for hydroxylation is 1. The number of rotatable bonds is 5. The van der Waals surface area contributed by atoms with Gasteiger partial charge in [-0.2, -0.15) is 0 Å². The Bertz CT molecular complexity index is 924. The van der Waals surface area contributed by atoms with Crippen molar-refractivity contribution in [3.63, 3.8) is 0 Å². The van der Waals surface area contributed by atoms with Crippen LogP contribution in [0.1, 0.15) is 23.7 Å². The molecule has 0 spiro atoms. The molecule has 0 aliphatic carbocycles. The first-order chi connectivity index (χ1) is 12.7. The van der Waals surface area contributed by atoms with Crippen molar-refractivity contribution >= 4 is 23.4 Å². The minimum Gasteiger partial charge on any atom is -0.388 e. The highest BCUT2D eigenvalue weighted by atomic mass is 32.2. The molecule has 0 saturated heterocycles. The van der Waals surface area contributed by atoms with Crippen LogP contribution in [-0.4, -0.2) is 26.3 Å². The van der Waals surface area contributed by atoms with Crippen molar-refractivity contribution in [2.24, 2.45) is 0 Å². The first-order valence-electron chi connectivity index (χ1n) is 8.53. The largest absolute Gasteiger partial charge is 0.388 e. The van der Waals surface area contributed by atoms with Gasteiger partial charge in [-0.3, -0.25) is 9.36 Å². The highest BCUT2D eigenvalue weighted by molar-refractivity contribution is 7.99. The summed E-state index contributed by atoms with van der Waals surface area (Å²) in [4.78, 5) is 15.9. The lowest BCUT2D eigenvalue weighted by Gasteiger charge is -2.19. The highest BCUT2D eigenvalue weighted by Gasteiger charge is 2.17. The van der Waals surface area contributed by atoms with Crippen LogP contribution in [0.15, 0.2) is 66.1 Å². The van der Waals surface area contributed by atoms with Gasteiger partial charge in [-0.05, 0) is 35.7 Å². The van der Waals surface area contributed by atoms with Gasteiger partial charge in [0.1, 0.15) is 0 Å². The summed E-state index contributed by atoms with van der Waals surface area (Å²) < 4.78 is 2.01. The van der Waals surface area contributed by atoms with E-state index in [-0.39, 0.29) is 5.91 Å². The summed E-state index contributed by atoms with van der Waals surface area (Å²) in [5, 5.41) is 14.3. The number of imidazole rings is 1. The van der Waals surface area contributed by atoms with Crippen LogP contribution in [0.5, 0.6) is 0 Å². The van der Waals surface area contributed by atoms with E-state index in [0.29, 0.717) is 18.6 Å². The molecule has 1 unspecified atom stereocenters. The molecule has 5 nitrogen and oxygen atoms in total. The second-order valence-corrected chi connectivity index (χ2v) is 7.19. The molecular formula is C20H19N3O2S. The molecule has 1 amide bonds. The third-order valence-corrected chi connectivity index (χ3v) is 5.46. The Labute approximate surface area is 156 Å². The summed E-state index contributed by atoms with van der Waals surface area (Å²) >= 11 is 1.52. The minimum atomic E-state index is -0.594. The second kappa shape index (κ2) is 7.35. The maximum Gasteiger partial charge on any atom is 0.224 e. The molecule has 1 aliphatic rings. The zero-order valence-electron chi connectivity index (χ0n) is 14.1. The second-order valence-electron chi connectivity index (χ2n) is 6.21. The quantitative estimate of drug-likeness (QED) is 0.678. The number of nitrogens with zero attached hydrogens (tertiary/aromatic N) is 2. The average Bonchev–Trinajstić information content (AvgIpc) is 3.15. The Morgan fingerprint density at radius 1 is 1.19 bits per heavy atom. The van der Waals surface area contributed by atoms with E-state index in [1.54, 1.807) is 6.20 Å². The first kappa shape index (κ1) is 16.9. The van der Waals surface area contributed by atoms with Crippen molar-refractivity contribution in [3.05, 3.63) is 72.1 Å². The van der Waals surface area contributed by atoms with Crippen molar-refractivity contribution in [2.45, 2.75) is 24.1 Å². The molecule has 2 N–H and O–H groups in total. The normalized spacial score (nSPS) is 14.6. The molecule has 6 heteroatoms. The summed E-state index contributed by atoms with van der Waals surface area (Å²) in [6.45, 7) is 0. The number of hydrogen-bond acceptors (Lipinski definition) is 4. The van der Waals surface area contributed by atoms with Gasteiger partial charge >= 0.3 is 0 Å². The van der Waals surface area contributed by atoms with Gasteiger partial charge in [0.2, 0.25) is 5.91 Å². The van der Waals surface area contributed by atoms with E-state index in [1.165, 1.54) is 11.8 Å². The van der Waals surface area contributed by atoms with E-state index in [1.807, 2.05) is 59.3 Å². The van der Waals surface area contributed by atoms with Crippen molar-refractivity contribution in [3.8, 4) is 5.69 Å². The summed E-state index contributed by atoms with van der Waals surface area (Å²) in [7, 11) is 0. The molecule has 132 valence electrons. The molecule has 2 heterocycles. The number of amides is 1. The third kappa shape index (κ3) is 3.52. The smallest absolute Gasteiger partial charge is 0.224 e. The number of carbonyl (C=O) groups excluding carboxylic acids is 1. The minimum absolute atomic E-state index is 0.0501. The Hall–Kier alpha value is -2.57. The predicted molar refractivity (Wildman–Crippen MR) is 103 cm³/mol. The molecular weight excluding hydrogens is 346 g/mol. The van der Waals surface area contributed by atoms with E-state index in [4.69, 9.17) is 0 Å². The number of para-hydroxylation sites is 1. The molecule has 1 atom stereocenters. The van der Waals surface area contributed by atoms with Crippen molar-refractivity contribution in [1.29, 1.82) is 0 Å². The number of carbonyl (C=O) groups is 1. The number of aliphatic hydroxyl groups excluding tert-OH is 1. The van der Waals surface area contributed by atoms with E-state index in [0.717, 1.165) is 27.7 Å². The number of aliphatic hydroxyl groups is 1.